The smallest absolute Gasteiger partial charge is 0.179 e. The Labute approximate surface area is 166 Å². The molecule has 1 atom stereocenters. The summed E-state index contributed by atoms with van der Waals surface area (Å²) >= 11 is 7.64. The first kappa shape index (κ1) is 18.2. The van der Waals surface area contributed by atoms with Crippen LogP contribution in [-0.2, 0) is 0 Å². The number of fused-ring (bicyclic) bond motifs is 1. The van der Waals surface area contributed by atoms with Gasteiger partial charge in [-0.15, -0.1) is 0 Å². The van der Waals surface area contributed by atoms with Crippen LogP contribution in [0.5, 0.6) is 0 Å². The highest BCUT2D eigenvalue weighted by molar-refractivity contribution is 7.99. The van der Waals surface area contributed by atoms with Crippen LogP contribution in [-0.4, -0.2) is 39.1 Å². The van der Waals surface area contributed by atoms with E-state index >= 15 is 0 Å². The van der Waals surface area contributed by atoms with Crippen LogP contribution >= 0.6 is 23.4 Å². The van der Waals surface area contributed by atoms with Crippen molar-refractivity contribution in [2.24, 2.45) is 5.73 Å². The predicted molar refractivity (Wildman–Crippen MR) is 109 cm³/mol. The number of hydrogen-bond donors (Lipinski definition) is 2. The normalized spacial score (nSPS) is 17.9. The van der Waals surface area contributed by atoms with Crippen molar-refractivity contribution in [3.05, 3.63) is 35.6 Å². The summed E-state index contributed by atoms with van der Waals surface area (Å²) in [5.41, 5.74) is 13.2. The summed E-state index contributed by atoms with van der Waals surface area (Å²) in [6, 6.07) is 5.94. The zero-order valence-corrected chi connectivity index (χ0v) is 16.2. The lowest BCUT2D eigenvalue weighted by molar-refractivity contribution is 0.601. The molecule has 1 aliphatic rings. The molecule has 4 rings (SSSR count). The summed E-state index contributed by atoms with van der Waals surface area (Å²) in [6.07, 6.45) is 6.53. The minimum atomic E-state index is 0.277. The van der Waals surface area contributed by atoms with Crippen LogP contribution in [0.25, 0.3) is 11.2 Å². The standard InChI is InChI=1S/C18H20ClN7S/c19-16-13(5-7-22-17(16)21)27-15-4-3-12-18(25-15)23-10-14(24-12)26-8-1-2-11(20)6-9-26/h3-5,7,10-11H,1-2,6,8-9,20H2,(H2,21,22)/t11-/m0/s1. The van der Waals surface area contributed by atoms with E-state index in [2.05, 4.69) is 19.9 Å². The Balaban J connectivity index is 1.57. The highest BCUT2D eigenvalue weighted by Gasteiger charge is 2.16. The summed E-state index contributed by atoms with van der Waals surface area (Å²) in [5, 5.41) is 1.21. The Bertz CT molecular complexity index is 968. The monoisotopic (exact) mass is 401 g/mol. The van der Waals surface area contributed by atoms with Gasteiger partial charge in [0.1, 0.15) is 22.2 Å². The SMILES string of the molecule is Nc1nccc(Sc2ccc3nc(N4CCC[C@H](N)CC4)cnc3n2)c1Cl. The maximum atomic E-state index is 6.21. The van der Waals surface area contributed by atoms with Crippen LogP contribution < -0.4 is 16.4 Å². The van der Waals surface area contributed by atoms with Gasteiger partial charge in [0, 0.05) is 30.2 Å². The molecule has 7 nitrogen and oxygen atoms in total. The number of nitrogen functional groups attached to an aromatic ring is 1. The molecule has 1 fully saturated rings. The molecule has 1 saturated heterocycles. The van der Waals surface area contributed by atoms with Crippen LogP contribution in [0.4, 0.5) is 11.6 Å². The van der Waals surface area contributed by atoms with E-state index in [1.165, 1.54) is 11.8 Å². The van der Waals surface area contributed by atoms with Gasteiger partial charge in [0.15, 0.2) is 5.65 Å². The fourth-order valence-electron chi connectivity index (χ4n) is 3.07. The topological polar surface area (TPSA) is 107 Å². The zero-order valence-electron chi connectivity index (χ0n) is 14.7. The van der Waals surface area contributed by atoms with Gasteiger partial charge in [-0.2, -0.15) is 0 Å². The maximum absolute atomic E-state index is 6.21. The largest absolute Gasteiger partial charge is 0.382 e. The van der Waals surface area contributed by atoms with Crippen molar-refractivity contribution in [3.63, 3.8) is 0 Å². The molecule has 0 bridgehead atoms. The summed E-state index contributed by atoms with van der Waals surface area (Å²) in [5.74, 6) is 1.19. The minimum Gasteiger partial charge on any atom is -0.382 e. The number of hydrogen-bond acceptors (Lipinski definition) is 8. The highest BCUT2D eigenvalue weighted by atomic mass is 35.5. The molecule has 0 aliphatic carbocycles. The van der Waals surface area contributed by atoms with E-state index in [0.717, 1.165) is 53.6 Å². The molecule has 0 saturated carbocycles. The van der Waals surface area contributed by atoms with Gasteiger partial charge in [-0.05, 0) is 37.5 Å². The number of nitrogens with zero attached hydrogens (tertiary/aromatic N) is 5. The first-order chi connectivity index (χ1) is 13.1. The van der Waals surface area contributed by atoms with E-state index in [9.17, 15) is 0 Å². The molecule has 0 aromatic carbocycles. The van der Waals surface area contributed by atoms with Crippen molar-refractivity contribution in [2.75, 3.05) is 23.7 Å². The molecule has 0 radical (unpaired) electrons. The molecule has 3 aromatic heterocycles. The predicted octanol–water partition coefficient (Wildman–Crippen LogP) is 3.12. The van der Waals surface area contributed by atoms with E-state index in [0.29, 0.717) is 16.5 Å². The minimum absolute atomic E-state index is 0.277. The van der Waals surface area contributed by atoms with Gasteiger partial charge in [0.05, 0.1) is 11.2 Å². The molecular formula is C18H20ClN7S. The quantitative estimate of drug-likeness (QED) is 0.689. The van der Waals surface area contributed by atoms with Gasteiger partial charge >= 0.3 is 0 Å². The van der Waals surface area contributed by atoms with E-state index in [-0.39, 0.29) is 6.04 Å². The van der Waals surface area contributed by atoms with Crippen molar-refractivity contribution < 1.29 is 0 Å². The van der Waals surface area contributed by atoms with Crippen LogP contribution in [0.15, 0.2) is 40.5 Å². The summed E-state index contributed by atoms with van der Waals surface area (Å²) in [4.78, 5) is 20.9. The van der Waals surface area contributed by atoms with Crippen LogP contribution in [0.1, 0.15) is 19.3 Å². The molecule has 4 N–H and O–H groups in total. The van der Waals surface area contributed by atoms with Crippen LogP contribution in [0.2, 0.25) is 5.02 Å². The number of aromatic nitrogens is 4. The van der Waals surface area contributed by atoms with Crippen molar-refractivity contribution in [1.29, 1.82) is 0 Å². The van der Waals surface area contributed by atoms with Crippen LogP contribution in [0.3, 0.4) is 0 Å². The Hall–Kier alpha value is -2.16. The van der Waals surface area contributed by atoms with Gasteiger partial charge in [-0.25, -0.2) is 19.9 Å². The van der Waals surface area contributed by atoms with Gasteiger partial charge in [0.25, 0.3) is 0 Å². The van der Waals surface area contributed by atoms with E-state index < -0.39 is 0 Å². The Kier molecular flexibility index (Phi) is 5.29. The third kappa shape index (κ3) is 4.07. The average Bonchev–Trinajstić information content (AvgIpc) is 2.89. The van der Waals surface area contributed by atoms with Crippen molar-refractivity contribution in [3.8, 4) is 0 Å². The highest BCUT2D eigenvalue weighted by Crippen LogP contribution is 2.34. The Morgan fingerprint density at radius 1 is 1.11 bits per heavy atom. The van der Waals surface area contributed by atoms with Crippen LogP contribution in [0, 0.1) is 0 Å². The molecule has 0 spiro atoms. The van der Waals surface area contributed by atoms with E-state index in [4.69, 9.17) is 28.1 Å². The fraction of sp³-hybridized carbons (Fsp3) is 0.333. The Morgan fingerprint density at radius 2 is 2.00 bits per heavy atom. The molecule has 1 aliphatic heterocycles. The molecule has 0 amide bonds. The second kappa shape index (κ2) is 7.84. The summed E-state index contributed by atoms with van der Waals surface area (Å²) in [7, 11) is 0. The first-order valence-electron chi connectivity index (χ1n) is 8.82. The lowest BCUT2D eigenvalue weighted by Gasteiger charge is -2.21. The summed E-state index contributed by atoms with van der Waals surface area (Å²) < 4.78 is 0. The number of halogens is 1. The molecular weight excluding hydrogens is 382 g/mol. The zero-order chi connectivity index (χ0) is 18.8. The number of anilines is 2. The number of pyridine rings is 2. The maximum Gasteiger partial charge on any atom is 0.179 e. The lowest BCUT2D eigenvalue weighted by Crippen LogP contribution is -2.27. The average molecular weight is 402 g/mol. The number of nitrogens with two attached hydrogens (primary N) is 2. The molecule has 27 heavy (non-hydrogen) atoms. The Morgan fingerprint density at radius 3 is 2.89 bits per heavy atom. The van der Waals surface area contributed by atoms with Crippen molar-refractivity contribution >= 4 is 46.2 Å². The van der Waals surface area contributed by atoms with Crippen molar-refractivity contribution in [1.82, 2.24) is 19.9 Å². The number of rotatable bonds is 3. The second-order valence-corrected chi connectivity index (χ2v) is 7.95. The third-order valence-corrected chi connectivity index (χ3v) is 6.06. The molecule has 3 aromatic rings. The van der Waals surface area contributed by atoms with E-state index in [1.807, 2.05) is 18.2 Å². The summed E-state index contributed by atoms with van der Waals surface area (Å²) in [6.45, 7) is 1.86. The third-order valence-electron chi connectivity index (χ3n) is 4.56. The molecule has 0 unspecified atom stereocenters. The second-order valence-electron chi connectivity index (χ2n) is 6.51. The molecule has 140 valence electrons. The van der Waals surface area contributed by atoms with Gasteiger partial charge in [-0.1, -0.05) is 23.4 Å². The lowest BCUT2D eigenvalue weighted by atomic mass is 10.1. The van der Waals surface area contributed by atoms with Crippen molar-refractivity contribution in [2.45, 2.75) is 35.2 Å². The molecule has 4 heterocycles. The first-order valence-corrected chi connectivity index (χ1v) is 10.0. The fourth-order valence-corrected chi connectivity index (χ4v) is 4.11. The van der Waals surface area contributed by atoms with Gasteiger partial charge in [-0.3, -0.25) is 0 Å². The van der Waals surface area contributed by atoms with E-state index in [1.54, 1.807) is 12.4 Å². The molecule has 9 heteroatoms. The van der Waals surface area contributed by atoms with Gasteiger partial charge in [0.2, 0.25) is 0 Å². The van der Waals surface area contributed by atoms with Gasteiger partial charge < -0.3 is 16.4 Å².